The number of nitrogens with one attached hydrogen (secondary N) is 1. The van der Waals surface area contributed by atoms with Crippen molar-refractivity contribution in [2.75, 3.05) is 11.9 Å². The first kappa shape index (κ1) is 16.7. The second kappa shape index (κ2) is 8.08. The molecule has 1 aromatic carbocycles. The van der Waals surface area contributed by atoms with E-state index in [1.165, 1.54) is 0 Å². The average Bonchev–Trinajstić information content (AvgIpc) is 2.55. The number of nitrogens with zero attached hydrogens (tertiary/aromatic N) is 1. The number of Topliss-reactive ketones (excluding diaryl/α,β-unsaturated/α-hetero) is 1. The SMILES string of the molecule is CCOc1cccnc1NC(=O)CCC(=O)c1ccc(C)cc1. The van der Waals surface area contributed by atoms with Crippen LogP contribution in [-0.4, -0.2) is 23.3 Å². The maximum absolute atomic E-state index is 12.1. The van der Waals surface area contributed by atoms with E-state index < -0.39 is 0 Å². The minimum Gasteiger partial charge on any atom is -0.490 e. The average molecular weight is 312 g/mol. The third-order valence-corrected chi connectivity index (χ3v) is 3.28. The van der Waals surface area contributed by atoms with Crippen LogP contribution in [0.3, 0.4) is 0 Å². The minimum absolute atomic E-state index is 0.0498. The molecule has 0 saturated carbocycles. The van der Waals surface area contributed by atoms with Crippen molar-refractivity contribution in [3.63, 3.8) is 0 Å². The van der Waals surface area contributed by atoms with Crippen LogP contribution in [0.5, 0.6) is 5.75 Å². The third kappa shape index (κ3) is 4.92. The number of pyridine rings is 1. The standard InChI is InChI=1S/C18H20N2O3/c1-3-23-16-5-4-12-19-18(16)20-17(22)11-10-15(21)14-8-6-13(2)7-9-14/h4-9,12H,3,10-11H2,1-2H3,(H,19,20,22). The molecule has 5 heteroatoms. The smallest absolute Gasteiger partial charge is 0.226 e. The summed E-state index contributed by atoms with van der Waals surface area (Å²) in [5.74, 6) is 0.590. The molecule has 0 radical (unpaired) electrons. The van der Waals surface area contributed by atoms with E-state index in [1.807, 2.05) is 26.0 Å². The number of anilines is 1. The van der Waals surface area contributed by atoms with Crippen LogP contribution in [0, 0.1) is 6.92 Å². The second-order valence-corrected chi connectivity index (χ2v) is 5.12. The van der Waals surface area contributed by atoms with Crippen molar-refractivity contribution in [2.24, 2.45) is 0 Å². The number of amides is 1. The molecule has 0 aliphatic carbocycles. The van der Waals surface area contributed by atoms with Crippen molar-refractivity contribution in [1.82, 2.24) is 4.98 Å². The van der Waals surface area contributed by atoms with Gasteiger partial charge in [0.1, 0.15) is 0 Å². The Bertz CT molecular complexity index is 681. The van der Waals surface area contributed by atoms with Gasteiger partial charge in [0.2, 0.25) is 5.91 Å². The van der Waals surface area contributed by atoms with E-state index >= 15 is 0 Å². The van der Waals surface area contributed by atoms with Gasteiger partial charge in [-0.15, -0.1) is 0 Å². The second-order valence-electron chi connectivity index (χ2n) is 5.12. The lowest BCUT2D eigenvalue weighted by atomic mass is 10.1. The van der Waals surface area contributed by atoms with Gasteiger partial charge in [0.05, 0.1) is 6.61 Å². The largest absolute Gasteiger partial charge is 0.490 e. The molecule has 0 spiro atoms. The lowest BCUT2D eigenvalue weighted by Gasteiger charge is -2.09. The van der Waals surface area contributed by atoms with E-state index in [0.717, 1.165) is 5.56 Å². The fraction of sp³-hybridized carbons (Fsp3) is 0.278. The molecule has 0 unspecified atom stereocenters. The van der Waals surface area contributed by atoms with Crippen LogP contribution < -0.4 is 10.1 Å². The topological polar surface area (TPSA) is 68.3 Å². The zero-order valence-corrected chi connectivity index (χ0v) is 13.3. The molecule has 0 bridgehead atoms. The predicted molar refractivity (Wildman–Crippen MR) is 88.8 cm³/mol. The Morgan fingerprint density at radius 2 is 1.87 bits per heavy atom. The summed E-state index contributed by atoms with van der Waals surface area (Å²) < 4.78 is 5.40. The monoisotopic (exact) mass is 312 g/mol. The fourth-order valence-corrected chi connectivity index (χ4v) is 2.06. The normalized spacial score (nSPS) is 10.2. The highest BCUT2D eigenvalue weighted by Gasteiger charge is 2.12. The first-order valence-corrected chi connectivity index (χ1v) is 7.57. The molecular formula is C18H20N2O3. The molecule has 23 heavy (non-hydrogen) atoms. The van der Waals surface area contributed by atoms with Crippen molar-refractivity contribution >= 4 is 17.5 Å². The van der Waals surface area contributed by atoms with Gasteiger partial charge >= 0.3 is 0 Å². The van der Waals surface area contributed by atoms with Crippen molar-refractivity contribution in [2.45, 2.75) is 26.7 Å². The summed E-state index contributed by atoms with van der Waals surface area (Å²) in [5.41, 5.74) is 1.72. The molecule has 0 saturated heterocycles. The van der Waals surface area contributed by atoms with E-state index in [9.17, 15) is 9.59 Å². The van der Waals surface area contributed by atoms with Crippen molar-refractivity contribution in [1.29, 1.82) is 0 Å². The number of benzene rings is 1. The maximum Gasteiger partial charge on any atom is 0.226 e. The van der Waals surface area contributed by atoms with Crippen LogP contribution in [-0.2, 0) is 4.79 Å². The lowest BCUT2D eigenvalue weighted by Crippen LogP contribution is -2.15. The van der Waals surface area contributed by atoms with Crippen LogP contribution in [0.15, 0.2) is 42.6 Å². The van der Waals surface area contributed by atoms with Gasteiger partial charge in [-0.2, -0.15) is 0 Å². The molecule has 0 aliphatic heterocycles. The number of hydrogen-bond donors (Lipinski definition) is 1. The van der Waals surface area contributed by atoms with Gasteiger partial charge < -0.3 is 10.1 Å². The van der Waals surface area contributed by atoms with E-state index in [1.54, 1.807) is 30.5 Å². The summed E-state index contributed by atoms with van der Waals surface area (Å²) in [6.45, 7) is 4.31. The van der Waals surface area contributed by atoms with Gasteiger partial charge in [-0.3, -0.25) is 9.59 Å². The minimum atomic E-state index is -0.259. The van der Waals surface area contributed by atoms with E-state index in [-0.39, 0.29) is 24.5 Å². The molecule has 0 fully saturated rings. The summed E-state index contributed by atoms with van der Waals surface area (Å²) in [7, 11) is 0. The number of ether oxygens (including phenoxy) is 1. The quantitative estimate of drug-likeness (QED) is 0.796. The van der Waals surface area contributed by atoms with Crippen LogP contribution in [0.25, 0.3) is 0 Å². The third-order valence-electron chi connectivity index (χ3n) is 3.28. The Labute approximate surface area is 135 Å². The van der Waals surface area contributed by atoms with Gasteiger partial charge in [0, 0.05) is 24.6 Å². The fourth-order valence-electron chi connectivity index (χ4n) is 2.06. The summed E-state index contributed by atoms with van der Waals surface area (Å²) in [5, 5.41) is 2.68. The number of hydrogen-bond acceptors (Lipinski definition) is 4. The van der Waals surface area contributed by atoms with Crippen molar-refractivity contribution < 1.29 is 14.3 Å². The van der Waals surface area contributed by atoms with Crippen LogP contribution in [0.2, 0.25) is 0 Å². The number of aryl methyl sites for hydroxylation is 1. The molecule has 1 N–H and O–H groups in total. The summed E-state index contributed by atoms with van der Waals surface area (Å²) >= 11 is 0. The zero-order valence-electron chi connectivity index (χ0n) is 13.3. The number of carbonyl (C=O) groups excluding carboxylic acids is 2. The molecule has 1 aromatic heterocycles. The molecule has 0 atom stereocenters. The molecule has 5 nitrogen and oxygen atoms in total. The summed E-state index contributed by atoms with van der Waals surface area (Å²) in [6.07, 6.45) is 1.84. The molecule has 0 aliphatic rings. The van der Waals surface area contributed by atoms with E-state index in [4.69, 9.17) is 4.74 Å². The van der Waals surface area contributed by atoms with Crippen LogP contribution >= 0.6 is 0 Å². The Morgan fingerprint density at radius 3 is 2.57 bits per heavy atom. The Kier molecular flexibility index (Phi) is 5.86. The number of carbonyl (C=O) groups is 2. The lowest BCUT2D eigenvalue weighted by molar-refractivity contribution is -0.116. The molecule has 120 valence electrons. The Hall–Kier alpha value is -2.69. The number of rotatable bonds is 7. The molecular weight excluding hydrogens is 292 g/mol. The number of aromatic nitrogens is 1. The van der Waals surface area contributed by atoms with Gasteiger partial charge in [-0.25, -0.2) is 4.98 Å². The van der Waals surface area contributed by atoms with Crippen molar-refractivity contribution in [3.8, 4) is 5.75 Å². The maximum atomic E-state index is 12.1. The highest BCUT2D eigenvalue weighted by Crippen LogP contribution is 2.21. The Balaban J connectivity index is 1.90. The van der Waals surface area contributed by atoms with Gasteiger partial charge in [-0.05, 0) is 26.0 Å². The van der Waals surface area contributed by atoms with Gasteiger partial charge in [0.15, 0.2) is 17.4 Å². The van der Waals surface area contributed by atoms with Gasteiger partial charge in [-0.1, -0.05) is 29.8 Å². The molecule has 2 rings (SSSR count). The number of ketones is 1. The summed E-state index contributed by atoms with van der Waals surface area (Å²) in [6, 6.07) is 10.8. The van der Waals surface area contributed by atoms with Crippen LogP contribution in [0.1, 0.15) is 35.7 Å². The van der Waals surface area contributed by atoms with E-state index in [0.29, 0.717) is 23.7 Å². The highest BCUT2D eigenvalue weighted by molar-refractivity contribution is 6.00. The first-order valence-electron chi connectivity index (χ1n) is 7.57. The Morgan fingerprint density at radius 1 is 1.13 bits per heavy atom. The predicted octanol–water partition coefficient (Wildman–Crippen LogP) is 3.39. The zero-order chi connectivity index (χ0) is 16.7. The first-order chi connectivity index (χ1) is 11.1. The molecule has 2 aromatic rings. The molecule has 1 heterocycles. The van der Waals surface area contributed by atoms with Crippen LogP contribution in [0.4, 0.5) is 5.82 Å². The van der Waals surface area contributed by atoms with Crippen molar-refractivity contribution in [3.05, 3.63) is 53.7 Å². The van der Waals surface area contributed by atoms with E-state index in [2.05, 4.69) is 10.3 Å². The highest BCUT2D eigenvalue weighted by atomic mass is 16.5. The molecule has 1 amide bonds. The van der Waals surface area contributed by atoms with Gasteiger partial charge in [0.25, 0.3) is 0 Å². The summed E-state index contributed by atoms with van der Waals surface area (Å²) in [4.78, 5) is 28.2.